The summed E-state index contributed by atoms with van der Waals surface area (Å²) in [6, 6.07) is 14.1. The molecule has 2 aromatic carbocycles. The number of rotatable bonds is 4. The number of hydrogen-bond acceptors (Lipinski definition) is 2. The Hall–Kier alpha value is -3.74. The molecule has 4 rings (SSSR count). The monoisotopic (exact) mass is 374 g/mol. The van der Waals surface area contributed by atoms with Gasteiger partial charge in [0, 0.05) is 27.4 Å². The van der Waals surface area contributed by atoms with Crippen LogP contribution in [0.3, 0.4) is 0 Å². The highest BCUT2D eigenvalue weighted by Crippen LogP contribution is 2.36. The highest BCUT2D eigenvalue weighted by molar-refractivity contribution is 6.01. The number of carboxylic acids is 1. The van der Waals surface area contributed by atoms with Crippen LogP contribution < -0.4 is 11.3 Å². The van der Waals surface area contributed by atoms with Gasteiger partial charge in [0.15, 0.2) is 6.04 Å². The van der Waals surface area contributed by atoms with E-state index in [1.807, 2.05) is 59.2 Å². The van der Waals surface area contributed by atoms with Gasteiger partial charge in [0.25, 0.3) is 0 Å². The Labute approximate surface area is 161 Å². The van der Waals surface area contributed by atoms with Gasteiger partial charge in [0.1, 0.15) is 0 Å². The van der Waals surface area contributed by atoms with Crippen LogP contribution in [0.5, 0.6) is 0 Å². The number of allylic oxidation sites excluding steroid dienone is 1. The average Bonchev–Trinajstić information content (AvgIpc) is 3.03. The summed E-state index contributed by atoms with van der Waals surface area (Å²) in [6.45, 7) is 0. The molecule has 1 unspecified atom stereocenters. The first-order chi connectivity index (χ1) is 13.6. The Kier molecular flexibility index (Phi) is 4.49. The summed E-state index contributed by atoms with van der Waals surface area (Å²) in [5.74, 6) is 4.42. The first kappa shape index (κ1) is 17.7. The minimum Gasteiger partial charge on any atom is -0.479 e. The zero-order chi connectivity index (χ0) is 19.7. The lowest BCUT2D eigenvalue weighted by Crippen LogP contribution is -2.38. The van der Waals surface area contributed by atoms with E-state index in [1.165, 1.54) is 0 Å². The minimum absolute atomic E-state index is 0.212. The predicted octanol–water partition coefficient (Wildman–Crippen LogP) is 2.11. The van der Waals surface area contributed by atoms with Crippen molar-refractivity contribution in [2.24, 2.45) is 16.2 Å². The van der Waals surface area contributed by atoms with Crippen LogP contribution in [0.25, 0.3) is 17.0 Å². The molecule has 3 aromatic rings. The maximum absolute atomic E-state index is 12.3. The van der Waals surface area contributed by atoms with E-state index in [9.17, 15) is 9.90 Å². The first-order valence-electron chi connectivity index (χ1n) is 8.96. The van der Waals surface area contributed by atoms with E-state index in [0.717, 1.165) is 40.6 Å². The number of benzene rings is 2. The molecule has 0 saturated carbocycles. The number of hydrogen-bond donors (Lipinski definition) is 3. The maximum Gasteiger partial charge on any atom is 0.350 e. The molecule has 1 aliphatic carbocycles. The number of nitrogens with zero attached hydrogens (tertiary/aromatic N) is 3. The summed E-state index contributed by atoms with van der Waals surface area (Å²) >= 11 is 0. The van der Waals surface area contributed by atoms with Gasteiger partial charge in [-0.1, -0.05) is 42.5 Å². The SMILES string of the molecule is NN=NC(=[NH2+])c1ccc2c(c1)c1c(n2C(C(=O)O)c2ccccc2)CCC=C1. The molecule has 1 aromatic heterocycles. The summed E-state index contributed by atoms with van der Waals surface area (Å²) in [5, 5.41) is 23.9. The molecule has 1 aliphatic rings. The number of amidine groups is 1. The topological polar surface area (TPSA) is 119 Å². The van der Waals surface area contributed by atoms with E-state index in [2.05, 4.69) is 16.4 Å². The number of aliphatic carboxylic acids is 1. The van der Waals surface area contributed by atoms with Crippen molar-refractivity contribution in [3.63, 3.8) is 0 Å². The molecular weight excluding hydrogens is 354 g/mol. The summed E-state index contributed by atoms with van der Waals surface area (Å²) in [5.41, 5.74) is 4.28. The lowest BCUT2D eigenvalue weighted by molar-refractivity contribution is -0.139. The van der Waals surface area contributed by atoms with Gasteiger partial charge in [-0.2, -0.15) is 0 Å². The fourth-order valence-electron chi connectivity index (χ4n) is 3.87. The smallest absolute Gasteiger partial charge is 0.350 e. The molecule has 7 heteroatoms. The molecule has 0 radical (unpaired) electrons. The van der Waals surface area contributed by atoms with Crippen LogP contribution in [-0.4, -0.2) is 21.5 Å². The number of aromatic nitrogens is 1. The Bertz CT molecular complexity index is 1130. The van der Waals surface area contributed by atoms with Gasteiger partial charge < -0.3 is 9.67 Å². The molecular formula is C21H20N5O2+. The molecule has 28 heavy (non-hydrogen) atoms. The average molecular weight is 374 g/mol. The second kappa shape index (κ2) is 7.11. The fourth-order valence-corrected chi connectivity index (χ4v) is 3.87. The first-order valence-corrected chi connectivity index (χ1v) is 8.96. The number of fused-ring (bicyclic) bond motifs is 3. The summed E-state index contributed by atoms with van der Waals surface area (Å²) in [4.78, 5) is 12.3. The highest BCUT2D eigenvalue weighted by atomic mass is 16.4. The standard InChI is InChI=1S/C21H19N5O2/c22-20(24-25-23)14-10-11-18-16(12-14)15-8-4-5-9-17(15)26(18)19(21(27)28)13-6-2-1-3-7-13/h1-4,6-8,10-12,19H,5,9H2,(H,27,28)(H3,22,23,24)/p+1. The van der Waals surface area contributed by atoms with E-state index in [4.69, 9.17) is 11.3 Å². The molecule has 1 heterocycles. The molecule has 7 nitrogen and oxygen atoms in total. The second-order valence-electron chi connectivity index (χ2n) is 6.66. The number of nitrogens with two attached hydrogens (primary N) is 2. The van der Waals surface area contributed by atoms with E-state index >= 15 is 0 Å². The molecule has 140 valence electrons. The third-order valence-corrected chi connectivity index (χ3v) is 5.05. The molecule has 0 spiro atoms. The molecule has 0 saturated heterocycles. The van der Waals surface area contributed by atoms with Crippen LogP contribution in [0.4, 0.5) is 0 Å². The van der Waals surface area contributed by atoms with Crippen molar-refractivity contribution in [1.29, 1.82) is 0 Å². The van der Waals surface area contributed by atoms with Crippen molar-refractivity contribution in [2.75, 3.05) is 0 Å². The van der Waals surface area contributed by atoms with Gasteiger partial charge in [0.2, 0.25) is 0 Å². The van der Waals surface area contributed by atoms with Crippen LogP contribution in [0.15, 0.2) is 64.9 Å². The van der Waals surface area contributed by atoms with Crippen LogP contribution >= 0.6 is 0 Å². The van der Waals surface area contributed by atoms with Gasteiger partial charge in [0.05, 0.1) is 10.7 Å². The van der Waals surface area contributed by atoms with Gasteiger partial charge in [-0.25, -0.2) is 4.79 Å². The molecule has 0 bridgehead atoms. The van der Waals surface area contributed by atoms with Gasteiger partial charge in [-0.15, -0.1) is 0 Å². The van der Waals surface area contributed by atoms with E-state index < -0.39 is 12.0 Å². The summed E-state index contributed by atoms with van der Waals surface area (Å²) in [6.07, 6.45) is 5.79. The highest BCUT2D eigenvalue weighted by Gasteiger charge is 2.29. The molecule has 0 fully saturated rings. The quantitative estimate of drug-likeness (QED) is 0.213. The summed E-state index contributed by atoms with van der Waals surface area (Å²) in [7, 11) is 0. The molecule has 0 amide bonds. The van der Waals surface area contributed by atoms with Gasteiger partial charge >= 0.3 is 11.8 Å². The van der Waals surface area contributed by atoms with Crippen molar-refractivity contribution in [2.45, 2.75) is 18.9 Å². The van der Waals surface area contributed by atoms with Crippen molar-refractivity contribution >= 4 is 28.8 Å². The zero-order valence-corrected chi connectivity index (χ0v) is 15.1. The van der Waals surface area contributed by atoms with Crippen molar-refractivity contribution in [3.05, 3.63) is 77.0 Å². The van der Waals surface area contributed by atoms with Crippen LogP contribution in [-0.2, 0) is 11.2 Å². The van der Waals surface area contributed by atoms with Gasteiger partial charge in [-0.05, 0) is 36.6 Å². The van der Waals surface area contributed by atoms with E-state index in [0.29, 0.717) is 5.56 Å². The molecule has 5 N–H and O–H groups in total. The Balaban J connectivity index is 1.99. The number of carbonyl (C=O) groups is 1. The Morgan fingerprint density at radius 3 is 2.71 bits per heavy atom. The van der Waals surface area contributed by atoms with Gasteiger partial charge in [-0.3, -0.25) is 11.3 Å². The Morgan fingerprint density at radius 1 is 1.21 bits per heavy atom. The van der Waals surface area contributed by atoms with Crippen molar-refractivity contribution in [1.82, 2.24) is 4.57 Å². The lowest BCUT2D eigenvalue weighted by atomic mass is 10.0. The second-order valence-corrected chi connectivity index (χ2v) is 6.66. The molecule has 1 atom stereocenters. The summed E-state index contributed by atoms with van der Waals surface area (Å²) < 4.78 is 1.93. The third-order valence-electron chi connectivity index (χ3n) is 5.05. The Morgan fingerprint density at radius 2 is 2.00 bits per heavy atom. The van der Waals surface area contributed by atoms with Crippen molar-refractivity contribution < 1.29 is 15.3 Å². The predicted molar refractivity (Wildman–Crippen MR) is 107 cm³/mol. The fraction of sp³-hybridized carbons (Fsp3) is 0.143. The van der Waals surface area contributed by atoms with Crippen LogP contribution in [0.1, 0.15) is 34.8 Å². The zero-order valence-electron chi connectivity index (χ0n) is 15.1. The third kappa shape index (κ3) is 2.87. The van der Waals surface area contributed by atoms with Crippen molar-refractivity contribution in [3.8, 4) is 0 Å². The van der Waals surface area contributed by atoms with E-state index in [1.54, 1.807) is 0 Å². The van der Waals surface area contributed by atoms with Crippen LogP contribution in [0.2, 0.25) is 0 Å². The lowest BCUT2D eigenvalue weighted by Gasteiger charge is -2.21. The van der Waals surface area contributed by atoms with Crippen LogP contribution in [0, 0.1) is 0 Å². The minimum atomic E-state index is -0.896. The number of carboxylic acid groups (broad SMARTS) is 1. The normalized spacial score (nSPS) is 14.3. The maximum atomic E-state index is 12.3. The largest absolute Gasteiger partial charge is 0.479 e. The van der Waals surface area contributed by atoms with E-state index in [-0.39, 0.29) is 5.84 Å². The molecule has 0 aliphatic heterocycles.